The lowest BCUT2D eigenvalue weighted by Gasteiger charge is -2.07. The van der Waals surface area contributed by atoms with Crippen molar-refractivity contribution < 1.29 is 4.39 Å². The second-order valence-corrected chi connectivity index (χ2v) is 4.32. The minimum absolute atomic E-state index is 0.356. The summed E-state index contributed by atoms with van der Waals surface area (Å²) in [5.41, 5.74) is 2.09. The summed E-state index contributed by atoms with van der Waals surface area (Å²) in [6, 6.07) is 4.28. The Morgan fingerprint density at radius 3 is 3.00 bits per heavy atom. The molecule has 7 heteroatoms. The second kappa shape index (κ2) is 4.81. The second-order valence-electron chi connectivity index (χ2n) is 3.91. The Labute approximate surface area is 112 Å². The van der Waals surface area contributed by atoms with Gasteiger partial charge >= 0.3 is 0 Å². The van der Waals surface area contributed by atoms with Crippen molar-refractivity contribution in [3.8, 4) is 0 Å². The van der Waals surface area contributed by atoms with Gasteiger partial charge in [-0.3, -0.25) is 0 Å². The number of anilines is 1. The molecular weight excluding hydrogens is 269 g/mol. The number of rotatable bonds is 3. The smallest absolute Gasteiger partial charge is 0.162 e. The van der Waals surface area contributed by atoms with Crippen LogP contribution in [0, 0.1) is 5.82 Å². The van der Waals surface area contributed by atoms with Crippen molar-refractivity contribution in [2.75, 3.05) is 5.32 Å². The van der Waals surface area contributed by atoms with E-state index in [1.165, 1.54) is 18.5 Å². The summed E-state index contributed by atoms with van der Waals surface area (Å²) in [7, 11) is 0. The van der Waals surface area contributed by atoms with Gasteiger partial charge in [0.2, 0.25) is 0 Å². The zero-order chi connectivity index (χ0) is 13.2. The van der Waals surface area contributed by atoms with Crippen LogP contribution in [0.3, 0.4) is 0 Å². The minimum atomic E-state index is -0.356. The van der Waals surface area contributed by atoms with Crippen LogP contribution in [0.1, 0.15) is 5.56 Å². The van der Waals surface area contributed by atoms with Crippen LogP contribution in [0.25, 0.3) is 11.2 Å². The van der Waals surface area contributed by atoms with Gasteiger partial charge < -0.3 is 10.3 Å². The highest BCUT2D eigenvalue weighted by Crippen LogP contribution is 2.20. The van der Waals surface area contributed by atoms with Gasteiger partial charge in [0.25, 0.3) is 0 Å². The molecule has 0 saturated carbocycles. The van der Waals surface area contributed by atoms with Crippen LogP contribution in [-0.4, -0.2) is 19.9 Å². The Morgan fingerprint density at radius 1 is 1.26 bits per heavy atom. The predicted octanol–water partition coefficient (Wildman–Crippen LogP) is 2.76. The molecule has 2 heterocycles. The molecule has 0 radical (unpaired) electrons. The first-order chi connectivity index (χ1) is 9.24. The van der Waals surface area contributed by atoms with Crippen molar-refractivity contribution in [3.63, 3.8) is 0 Å². The maximum Gasteiger partial charge on any atom is 0.162 e. The molecule has 0 amide bonds. The third-order valence-electron chi connectivity index (χ3n) is 2.68. The number of hydrogen-bond acceptors (Lipinski definition) is 4. The number of imidazole rings is 1. The van der Waals surface area contributed by atoms with Crippen LogP contribution < -0.4 is 5.32 Å². The fraction of sp³-hybridized carbons (Fsp3) is 0.0833. The molecule has 3 rings (SSSR count). The maximum absolute atomic E-state index is 12.9. The number of aromatic amines is 1. The molecule has 1 aromatic carbocycles. The predicted molar refractivity (Wildman–Crippen MR) is 70.4 cm³/mol. The third kappa shape index (κ3) is 2.34. The van der Waals surface area contributed by atoms with Gasteiger partial charge in [-0.15, -0.1) is 0 Å². The molecule has 0 unspecified atom stereocenters. The van der Waals surface area contributed by atoms with Gasteiger partial charge in [-0.25, -0.2) is 19.3 Å². The molecule has 3 aromatic rings. The van der Waals surface area contributed by atoms with Gasteiger partial charge in [0.1, 0.15) is 17.7 Å². The van der Waals surface area contributed by atoms with Crippen molar-refractivity contribution in [2.24, 2.45) is 0 Å². The topological polar surface area (TPSA) is 66.5 Å². The van der Waals surface area contributed by atoms with Crippen LogP contribution in [-0.2, 0) is 6.54 Å². The number of nitrogens with one attached hydrogen (secondary N) is 2. The maximum atomic E-state index is 12.9. The number of aromatic nitrogens is 4. The van der Waals surface area contributed by atoms with E-state index in [1.807, 2.05) is 0 Å². The number of fused-ring (bicyclic) bond motifs is 1. The molecule has 0 aliphatic rings. The summed E-state index contributed by atoms with van der Waals surface area (Å²) in [6.45, 7) is 0.429. The summed E-state index contributed by atoms with van der Waals surface area (Å²) in [4.78, 5) is 15.2. The molecule has 0 fully saturated rings. The lowest BCUT2D eigenvalue weighted by atomic mass is 10.2. The van der Waals surface area contributed by atoms with Crippen LogP contribution in [0.2, 0.25) is 5.02 Å². The third-order valence-corrected chi connectivity index (χ3v) is 3.03. The average molecular weight is 278 g/mol. The quantitative estimate of drug-likeness (QED) is 0.772. The van der Waals surface area contributed by atoms with Crippen molar-refractivity contribution in [3.05, 3.63) is 47.3 Å². The Bertz CT molecular complexity index is 727. The fourth-order valence-corrected chi connectivity index (χ4v) is 1.97. The zero-order valence-electron chi connectivity index (χ0n) is 9.69. The monoisotopic (exact) mass is 277 g/mol. The van der Waals surface area contributed by atoms with E-state index in [-0.39, 0.29) is 5.82 Å². The molecule has 0 saturated heterocycles. The first kappa shape index (κ1) is 11.9. The number of halogens is 2. The Kier molecular flexibility index (Phi) is 3.00. The molecule has 0 aliphatic heterocycles. The molecular formula is C12H9ClFN5. The van der Waals surface area contributed by atoms with Crippen LogP contribution >= 0.6 is 11.6 Å². The number of nitrogens with zero attached hydrogens (tertiary/aromatic N) is 3. The van der Waals surface area contributed by atoms with Crippen molar-refractivity contribution >= 4 is 28.6 Å². The van der Waals surface area contributed by atoms with Crippen molar-refractivity contribution in [1.82, 2.24) is 19.9 Å². The zero-order valence-corrected chi connectivity index (χ0v) is 10.4. The Balaban J connectivity index is 1.84. The van der Waals surface area contributed by atoms with Gasteiger partial charge in [-0.05, 0) is 17.7 Å². The van der Waals surface area contributed by atoms with Crippen molar-refractivity contribution in [1.29, 1.82) is 0 Å². The van der Waals surface area contributed by atoms with E-state index in [0.717, 1.165) is 5.56 Å². The molecule has 19 heavy (non-hydrogen) atoms. The standard InChI is InChI=1S/C12H9ClFN5/c13-9-3-8(14)2-1-7(9)4-15-11-10-12(17-5-16-10)19-6-18-11/h1-3,5-6H,4H2,(H2,15,16,17,18,19). The van der Waals surface area contributed by atoms with Gasteiger partial charge in [0, 0.05) is 11.6 Å². The summed E-state index contributed by atoms with van der Waals surface area (Å²) in [5, 5.41) is 3.48. The van der Waals surface area contributed by atoms with E-state index in [9.17, 15) is 4.39 Å². The lowest BCUT2D eigenvalue weighted by molar-refractivity contribution is 0.627. The van der Waals surface area contributed by atoms with E-state index in [4.69, 9.17) is 11.6 Å². The number of benzene rings is 1. The highest BCUT2D eigenvalue weighted by atomic mass is 35.5. The highest BCUT2D eigenvalue weighted by molar-refractivity contribution is 6.31. The molecule has 96 valence electrons. The van der Waals surface area contributed by atoms with Crippen LogP contribution in [0.4, 0.5) is 10.2 Å². The Morgan fingerprint density at radius 2 is 2.16 bits per heavy atom. The molecule has 0 bridgehead atoms. The van der Waals surface area contributed by atoms with Crippen molar-refractivity contribution in [2.45, 2.75) is 6.54 Å². The molecule has 2 aromatic heterocycles. The number of hydrogen-bond donors (Lipinski definition) is 2. The van der Waals surface area contributed by atoms with E-state index >= 15 is 0 Å². The Hall–Kier alpha value is -2.21. The first-order valence-electron chi connectivity index (χ1n) is 5.56. The molecule has 2 N–H and O–H groups in total. The van der Waals surface area contributed by atoms with Gasteiger partial charge in [0.05, 0.1) is 6.33 Å². The summed E-state index contributed by atoms with van der Waals surface area (Å²) >= 11 is 5.96. The molecule has 0 aliphatic carbocycles. The fourth-order valence-electron chi connectivity index (χ4n) is 1.74. The van der Waals surface area contributed by atoms with E-state index in [2.05, 4.69) is 25.3 Å². The minimum Gasteiger partial charge on any atom is -0.364 e. The summed E-state index contributed by atoms with van der Waals surface area (Å²) < 4.78 is 12.9. The average Bonchev–Trinajstić information content (AvgIpc) is 2.86. The van der Waals surface area contributed by atoms with Gasteiger partial charge in [-0.2, -0.15) is 0 Å². The largest absolute Gasteiger partial charge is 0.364 e. The van der Waals surface area contributed by atoms with Crippen LogP contribution in [0.15, 0.2) is 30.9 Å². The SMILES string of the molecule is Fc1ccc(CNc2ncnc3[nH]cnc23)c(Cl)c1. The summed E-state index contributed by atoms with van der Waals surface area (Å²) in [6.07, 6.45) is 2.99. The first-order valence-corrected chi connectivity index (χ1v) is 5.94. The number of H-pyrrole nitrogens is 1. The van der Waals surface area contributed by atoms with E-state index < -0.39 is 0 Å². The van der Waals surface area contributed by atoms with E-state index in [1.54, 1.807) is 12.4 Å². The van der Waals surface area contributed by atoms with Gasteiger partial charge in [0.15, 0.2) is 11.5 Å². The van der Waals surface area contributed by atoms with E-state index in [0.29, 0.717) is 28.5 Å². The molecule has 0 spiro atoms. The normalized spacial score (nSPS) is 10.8. The lowest BCUT2D eigenvalue weighted by Crippen LogP contribution is -2.03. The van der Waals surface area contributed by atoms with Crippen LogP contribution in [0.5, 0.6) is 0 Å². The van der Waals surface area contributed by atoms with Gasteiger partial charge in [-0.1, -0.05) is 17.7 Å². The highest BCUT2D eigenvalue weighted by Gasteiger charge is 2.07. The molecule has 5 nitrogen and oxygen atoms in total. The molecule has 0 atom stereocenters. The summed E-state index contributed by atoms with van der Waals surface area (Å²) in [5.74, 6) is 0.247.